The molecule has 2 heterocycles. The fourth-order valence-electron chi connectivity index (χ4n) is 2.28. The molecule has 23 heavy (non-hydrogen) atoms. The number of nitrogens with one attached hydrogen (secondary N) is 1. The van der Waals surface area contributed by atoms with Crippen LogP contribution in [0, 0.1) is 0 Å². The molecule has 2 aromatic heterocycles. The van der Waals surface area contributed by atoms with Crippen LogP contribution in [-0.2, 0) is 10.0 Å². The normalized spacial score (nSPS) is 13.7. The van der Waals surface area contributed by atoms with Crippen molar-refractivity contribution in [2.45, 2.75) is 10.9 Å². The van der Waals surface area contributed by atoms with Gasteiger partial charge in [-0.1, -0.05) is 6.07 Å². The first-order chi connectivity index (χ1) is 11.0. The summed E-state index contributed by atoms with van der Waals surface area (Å²) in [6, 6.07) is 8.33. The lowest BCUT2D eigenvalue weighted by atomic mass is 10.2. The Balaban J connectivity index is 1.85. The number of aromatic nitrogens is 2. The Morgan fingerprint density at radius 3 is 2.78 bits per heavy atom. The highest BCUT2D eigenvalue weighted by molar-refractivity contribution is 7.89. The van der Waals surface area contributed by atoms with E-state index in [9.17, 15) is 8.42 Å². The highest BCUT2D eigenvalue weighted by Gasteiger charge is 2.23. The molecule has 0 saturated heterocycles. The van der Waals surface area contributed by atoms with Gasteiger partial charge in [0.1, 0.15) is 21.7 Å². The van der Waals surface area contributed by atoms with E-state index < -0.39 is 10.0 Å². The van der Waals surface area contributed by atoms with Crippen molar-refractivity contribution >= 4 is 32.8 Å². The van der Waals surface area contributed by atoms with Gasteiger partial charge in [0.15, 0.2) is 0 Å². The lowest BCUT2D eigenvalue weighted by molar-refractivity contribution is 0.259. The maximum absolute atomic E-state index is 12.6. The molecule has 0 radical (unpaired) electrons. The fraction of sp³-hybridized carbons (Fsp3) is 0.286. The fourth-order valence-corrected chi connectivity index (χ4v) is 4.09. The maximum Gasteiger partial charge on any atom is 0.242 e. The molecule has 0 bridgehead atoms. The van der Waals surface area contributed by atoms with E-state index >= 15 is 0 Å². The summed E-state index contributed by atoms with van der Waals surface area (Å²) >= 11 is 0.995. The molecule has 0 aliphatic rings. The summed E-state index contributed by atoms with van der Waals surface area (Å²) in [5, 5.41) is 0. The quantitative estimate of drug-likeness (QED) is 0.728. The lowest BCUT2D eigenvalue weighted by Gasteiger charge is -2.22. The number of fused-ring (bicyclic) bond motifs is 1. The van der Waals surface area contributed by atoms with Crippen LogP contribution in [0.3, 0.4) is 0 Å². The molecule has 0 amide bonds. The molecule has 0 fully saturated rings. The summed E-state index contributed by atoms with van der Waals surface area (Å²) in [5.74, 6) is 0.700. The Morgan fingerprint density at radius 1 is 1.26 bits per heavy atom. The van der Waals surface area contributed by atoms with Gasteiger partial charge in [0.05, 0.1) is 24.0 Å². The molecular weight excluding hydrogens is 336 g/mol. The second kappa shape index (κ2) is 6.36. The van der Waals surface area contributed by atoms with Crippen molar-refractivity contribution in [3.05, 3.63) is 42.4 Å². The molecule has 9 heteroatoms. The first kappa shape index (κ1) is 16.1. The summed E-state index contributed by atoms with van der Waals surface area (Å²) in [6.45, 7) is 0.191. The Bertz CT molecular complexity index is 888. The number of nitrogens with zero attached hydrogens (tertiary/aromatic N) is 3. The van der Waals surface area contributed by atoms with Gasteiger partial charge in [0, 0.05) is 6.54 Å². The molecule has 1 aromatic carbocycles. The number of hydrogen-bond acceptors (Lipinski definition) is 7. The number of sulfonamides is 1. The van der Waals surface area contributed by atoms with Crippen molar-refractivity contribution in [1.29, 1.82) is 0 Å². The van der Waals surface area contributed by atoms with E-state index in [1.54, 1.807) is 24.5 Å². The number of benzene rings is 1. The number of hydrogen-bond donors (Lipinski definition) is 1. The Morgan fingerprint density at radius 2 is 2.09 bits per heavy atom. The van der Waals surface area contributed by atoms with Crippen LogP contribution in [-0.4, -0.2) is 42.7 Å². The topological polar surface area (TPSA) is 88.3 Å². The molecule has 1 N–H and O–H groups in total. The van der Waals surface area contributed by atoms with Gasteiger partial charge in [0.2, 0.25) is 10.0 Å². The highest BCUT2D eigenvalue weighted by atomic mass is 32.2. The average molecular weight is 352 g/mol. The first-order valence-electron chi connectivity index (χ1n) is 6.90. The van der Waals surface area contributed by atoms with Crippen molar-refractivity contribution in [1.82, 2.24) is 18.4 Å². The molecule has 0 spiro atoms. The molecule has 1 unspecified atom stereocenters. The zero-order valence-corrected chi connectivity index (χ0v) is 14.3. The predicted octanol–water partition coefficient (Wildman–Crippen LogP) is 1.87. The molecule has 3 aromatic rings. The highest BCUT2D eigenvalue weighted by Crippen LogP contribution is 2.22. The third-order valence-electron chi connectivity index (χ3n) is 3.50. The van der Waals surface area contributed by atoms with Gasteiger partial charge in [-0.3, -0.25) is 4.90 Å². The number of rotatable bonds is 6. The SMILES string of the molecule is CN(C)C(CNS(=O)(=O)c1cccc2nsnc12)c1ccco1. The summed E-state index contributed by atoms with van der Waals surface area (Å²) in [7, 11) is 0.0446. The molecule has 3 rings (SSSR count). The summed E-state index contributed by atoms with van der Waals surface area (Å²) in [6.07, 6.45) is 1.57. The number of furan rings is 1. The molecule has 7 nitrogen and oxygen atoms in total. The van der Waals surface area contributed by atoms with Crippen LogP contribution in [0.5, 0.6) is 0 Å². The van der Waals surface area contributed by atoms with E-state index in [-0.39, 0.29) is 17.5 Å². The molecule has 0 aliphatic carbocycles. The standard InChI is InChI=1S/C14H16N4O3S2/c1-18(2)11(12-6-4-8-21-12)9-15-23(19,20)13-7-3-5-10-14(13)17-22-16-10/h3-8,11,15H,9H2,1-2H3. The van der Waals surface area contributed by atoms with Gasteiger partial charge in [-0.05, 0) is 38.4 Å². The molecular formula is C14H16N4O3S2. The summed E-state index contributed by atoms with van der Waals surface area (Å²) in [4.78, 5) is 2.03. The summed E-state index contributed by atoms with van der Waals surface area (Å²) in [5.41, 5.74) is 0.970. The van der Waals surface area contributed by atoms with Crippen molar-refractivity contribution in [2.24, 2.45) is 0 Å². The largest absolute Gasteiger partial charge is 0.468 e. The van der Waals surface area contributed by atoms with Gasteiger partial charge in [-0.15, -0.1) is 0 Å². The Labute approximate surface area is 138 Å². The first-order valence-corrected chi connectivity index (χ1v) is 9.11. The zero-order valence-electron chi connectivity index (χ0n) is 12.6. The van der Waals surface area contributed by atoms with E-state index in [1.807, 2.05) is 25.1 Å². The van der Waals surface area contributed by atoms with E-state index in [4.69, 9.17) is 4.42 Å². The number of likely N-dealkylation sites (N-methyl/N-ethyl adjacent to an activating group) is 1. The van der Waals surface area contributed by atoms with Crippen molar-refractivity contribution in [2.75, 3.05) is 20.6 Å². The van der Waals surface area contributed by atoms with Crippen LogP contribution in [0.25, 0.3) is 11.0 Å². The van der Waals surface area contributed by atoms with Crippen molar-refractivity contribution < 1.29 is 12.8 Å². The van der Waals surface area contributed by atoms with Crippen LogP contribution >= 0.6 is 11.7 Å². The van der Waals surface area contributed by atoms with Crippen LogP contribution in [0.1, 0.15) is 11.8 Å². The molecule has 0 saturated carbocycles. The second-order valence-electron chi connectivity index (χ2n) is 5.23. The van der Waals surface area contributed by atoms with Gasteiger partial charge < -0.3 is 4.42 Å². The van der Waals surface area contributed by atoms with Gasteiger partial charge in [-0.25, -0.2) is 13.1 Å². The van der Waals surface area contributed by atoms with E-state index in [1.165, 1.54) is 6.07 Å². The predicted molar refractivity (Wildman–Crippen MR) is 87.7 cm³/mol. The second-order valence-corrected chi connectivity index (χ2v) is 7.50. The van der Waals surface area contributed by atoms with E-state index in [0.717, 1.165) is 11.7 Å². The smallest absolute Gasteiger partial charge is 0.242 e. The Hall–Kier alpha value is -1.81. The molecule has 122 valence electrons. The molecule has 0 aliphatic heterocycles. The van der Waals surface area contributed by atoms with E-state index in [2.05, 4.69) is 13.5 Å². The maximum atomic E-state index is 12.6. The minimum Gasteiger partial charge on any atom is -0.468 e. The van der Waals surface area contributed by atoms with Crippen LogP contribution in [0.4, 0.5) is 0 Å². The van der Waals surface area contributed by atoms with Gasteiger partial charge >= 0.3 is 0 Å². The van der Waals surface area contributed by atoms with Crippen LogP contribution in [0.15, 0.2) is 45.9 Å². The van der Waals surface area contributed by atoms with Crippen LogP contribution < -0.4 is 4.72 Å². The monoisotopic (exact) mass is 352 g/mol. The van der Waals surface area contributed by atoms with Crippen molar-refractivity contribution in [3.63, 3.8) is 0 Å². The van der Waals surface area contributed by atoms with Crippen LogP contribution in [0.2, 0.25) is 0 Å². The summed E-state index contributed by atoms with van der Waals surface area (Å²) < 4.78 is 41.4. The third kappa shape index (κ3) is 3.27. The minimum absolute atomic E-state index is 0.140. The lowest BCUT2D eigenvalue weighted by Crippen LogP contribution is -2.34. The van der Waals surface area contributed by atoms with Gasteiger partial charge in [0.25, 0.3) is 0 Å². The van der Waals surface area contributed by atoms with Gasteiger partial charge in [-0.2, -0.15) is 8.75 Å². The molecule has 1 atom stereocenters. The average Bonchev–Trinajstić information content (AvgIpc) is 3.17. The third-order valence-corrected chi connectivity index (χ3v) is 5.50. The van der Waals surface area contributed by atoms with Crippen molar-refractivity contribution in [3.8, 4) is 0 Å². The zero-order chi connectivity index (χ0) is 16.4. The minimum atomic E-state index is -3.69. The Kier molecular flexibility index (Phi) is 4.44. The van der Waals surface area contributed by atoms with E-state index in [0.29, 0.717) is 16.8 Å².